The Bertz CT molecular complexity index is 504. The van der Waals surface area contributed by atoms with Crippen LogP contribution in [0.2, 0.25) is 0 Å². The third kappa shape index (κ3) is 5.42. The standard InChI is InChI=1S/C15H30N6.HI/c1-11-13(12(2)21(8)19-11)9-17-14(16-5)18-10-15(3,4)20(6)7;/h9-10H2,1-8H3,(H2,16,17,18);1H. The Labute approximate surface area is 151 Å². The van der Waals surface area contributed by atoms with Crippen LogP contribution in [-0.2, 0) is 13.6 Å². The summed E-state index contributed by atoms with van der Waals surface area (Å²) in [6.07, 6.45) is 0. The molecule has 2 N–H and O–H groups in total. The fourth-order valence-corrected chi connectivity index (χ4v) is 1.92. The fraction of sp³-hybridized carbons (Fsp3) is 0.733. The molecule has 6 nitrogen and oxygen atoms in total. The summed E-state index contributed by atoms with van der Waals surface area (Å²) in [5.41, 5.74) is 3.54. The van der Waals surface area contributed by atoms with Gasteiger partial charge in [-0.3, -0.25) is 9.67 Å². The quantitative estimate of drug-likeness (QED) is 0.431. The first-order valence-electron chi connectivity index (χ1n) is 7.30. The lowest BCUT2D eigenvalue weighted by Crippen LogP contribution is -2.50. The van der Waals surface area contributed by atoms with E-state index in [1.54, 1.807) is 7.05 Å². The Kier molecular flexibility index (Phi) is 8.38. The number of rotatable bonds is 5. The molecule has 128 valence electrons. The second kappa shape index (κ2) is 8.71. The number of aromatic nitrogens is 2. The number of halogens is 1. The number of aryl methyl sites for hydroxylation is 2. The second-order valence-corrected chi connectivity index (χ2v) is 6.26. The van der Waals surface area contributed by atoms with E-state index < -0.39 is 0 Å². The number of guanidine groups is 1. The average molecular weight is 422 g/mol. The monoisotopic (exact) mass is 422 g/mol. The van der Waals surface area contributed by atoms with Gasteiger partial charge in [0.15, 0.2) is 5.96 Å². The molecule has 0 aliphatic carbocycles. The van der Waals surface area contributed by atoms with Crippen molar-refractivity contribution in [1.29, 1.82) is 0 Å². The molecule has 0 fully saturated rings. The van der Waals surface area contributed by atoms with Gasteiger partial charge >= 0.3 is 0 Å². The largest absolute Gasteiger partial charge is 0.355 e. The van der Waals surface area contributed by atoms with E-state index >= 15 is 0 Å². The second-order valence-electron chi connectivity index (χ2n) is 6.26. The van der Waals surface area contributed by atoms with Crippen LogP contribution < -0.4 is 10.6 Å². The summed E-state index contributed by atoms with van der Waals surface area (Å²) in [4.78, 5) is 6.48. The van der Waals surface area contributed by atoms with Gasteiger partial charge in [0.1, 0.15) is 0 Å². The first kappa shape index (κ1) is 21.2. The molecule has 22 heavy (non-hydrogen) atoms. The van der Waals surface area contributed by atoms with Gasteiger partial charge in [0.05, 0.1) is 5.69 Å². The Morgan fingerprint density at radius 1 is 1.27 bits per heavy atom. The van der Waals surface area contributed by atoms with Crippen LogP contribution in [0.1, 0.15) is 30.8 Å². The van der Waals surface area contributed by atoms with E-state index in [-0.39, 0.29) is 29.5 Å². The van der Waals surface area contributed by atoms with Crippen molar-refractivity contribution in [2.45, 2.75) is 39.8 Å². The number of nitrogens with zero attached hydrogens (tertiary/aromatic N) is 4. The number of likely N-dealkylation sites (N-methyl/N-ethyl adjacent to an activating group) is 1. The first-order valence-corrected chi connectivity index (χ1v) is 7.30. The summed E-state index contributed by atoms with van der Waals surface area (Å²) >= 11 is 0. The molecule has 0 unspecified atom stereocenters. The Hall–Kier alpha value is -0.830. The van der Waals surface area contributed by atoms with Crippen LogP contribution in [0.5, 0.6) is 0 Å². The van der Waals surface area contributed by atoms with Crippen molar-refractivity contribution >= 4 is 29.9 Å². The molecule has 0 radical (unpaired) electrons. The molecule has 0 bridgehead atoms. The van der Waals surface area contributed by atoms with Gasteiger partial charge in [-0.15, -0.1) is 24.0 Å². The molecule has 1 aromatic rings. The molecule has 7 heteroatoms. The van der Waals surface area contributed by atoms with Crippen molar-refractivity contribution in [3.8, 4) is 0 Å². The van der Waals surface area contributed by atoms with Gasteiger partial charge in [-0.25, -0.2) is 0 Å². The Morgan fingerprint density at radius 3 is 2.27 bits per heavy atom. The van der Waals surface area contributed by atoms with Gasteiger partial charge < -0.3 is 15.5 Å². The lowest BCUT2D eigenvalue weighted by atomic mass is 10.0. The van der Waals surface area contributed by atoms with Crippen LogP contribution in [0, 0.1) is 13.8 Å². The van der Waals surface area contributed by atoms with Crippen molar-refractivity contribution in [3.05, 3.63) is 17.0 Å². The van der Waals surface area contributed by atoms with Crippen molar-refractivity contribution in [3.63, 3.8) is 0 Å². The predicted molar refractivity (Wildman–Crippen MR) is 104 cm³/mol. The molecular weight excluding hydrogens is 391 g/mol. The van der Waals surface area contributed by atoms with E-state index in [1.165, 1.54) is 11.3 Å². The highest BCUT2D eigenvalue weighted by molar-refractivity contribution is 14.0. The van der Waals surface area contributed by atoms with Gasteiger partial charge in [-0.2, -0.15) is 5.10 Å². The molecule has 0 saturated carbocycles. The third-order valence-corrected chi connectivity index (χ3v) is 4.21. The molecule has 1 heterocycles. The van der Waals surface area contributed by atoms with Gasteiger partial charge in [0, 0.05) is 44.0 Å². The number of aliphatic imine (C=N–C) groups is 1. The number of nitrogens with one attached hydrogen (secondary N) is 2. The molecule has 1 rings (SSSR count). The summed E-state index contributed by atoms with van der Waals surface area (Å²) in [5.74, 6) is 0.813. The zero-order valence-electron chi connectivity index (χ0n) is 15.1. The minimum Gasteiger partial charge on any atom is -0.355 e. The third-order valence-electron chi connectivity index (χ3n) is 4.21. The van der Waals surface area contributed by atoms with Crippen LogP contribution in [0.3, 0.4) is 0 Å². The summed E-state index contributed by atoms with van der Waals surface area (Å²) in [6, 6.07) is 0. The fourth-order valence-electron chi connectivity index (χ4n) is 1.92. The summed E-state index contributed by atoms with van der Waals surface area (Å²) in [7, 11) is 7.93. The van der Waals surface area contributed by atoms with E-state index in [0.717, 1.165) is 24.7 Å². The Morgan fingerprint density at radius 2 is 1.86 bits per heavy atom. The molecule has 0 aromatic carbocycles. The minimum absolute atomic E-state index is 0. The van der Waals surface area contributed by atoms with Crippen molar-refractivity contribution in [1.82, 2.24) is 25.3 Å². The maximum Gasteiger partial charge on any atom is 0.191 e. The molecule has 0 saturated heterocycles. The van der Waals surface area contributed by atoms with E-state index in [0.29, 0.717) is 0 Å². The average Bonchev–Trinajstić information content (AvgIpc) is 2.64. The van der Waals surface area contributed by atoms with E-state index in [2.05, 4.69) is 60.5 Å². The van der Waals surface area contributed by atoms with E-state index in [4.69, 9.17) is 0 Å². The normalized spacial score (nSPS) is 12.3. The SMILES string of the molecule is CN=C(NCc1c(C)nn(C)c1C)NCC(C)(C)N(C)C.I. The van der Waals surface area contributed by atoms with E-state index in [1.807, 2.05) is 18.7 Å². The van der Waals surface area contributed by atoms with E-state index in [9.17, 15) is 0 Å². The highest BCUT2D eigenvalue weighted by Gasteiger charge is 2.20. The highest BCUT2D eigenvalue weighted by atomic mass is 127. The molecule has 0 spiro atoms. The van der Waals surface area contributed by atoms with Crippen LogP contribution in [-0.4, -0.2) is 53.9 Å². The van der Waals surface area contributed by atoms with Crippen LogP contribution >= 0.6 is 24.0 Å². The smallest absolute Gasteiger partial charge is 0.191 e. The maximum absolute atomic E-state index is 4.43. The summed E-state index contributed by atoms with van der Waals surface area (Å²) in [5, 5.41) is 11.2. The summed E-state index contributed by atoms with van der Waals surface area (Å²) in [6.45, 7) is 10.1. The first-order chi connectivity index (χ1) is 9.69. The van der Waals surface area contributed by atoms with Crippen molar-refractivity contribution in [2.24, 2.45) is 12.0 Å². The van der Waals surface area contributed by atoms with Gasteiger partial charge in [-0.1, -0.05) is 0 Å². The zero-order valence-corrected chi connectivity index (χ0v) is 17.4. The molecule has 0 amide bonds. The van der Waals surface area contributed by atoms with Gasteiger partial charge in [0.25, 0.3) is 0 Å². The molecule has 0 atom stereocenters. The molecule has 0 aliphatic heterocycles. The topological polar surface area (TPSA) is 57.5 Å². The molecular formula is C15H31IN6. The van der Waals surface area contributed by atoms with Crippen LogP contribution in [0.15, 0.2) is 4.99 Å². The van der Waals surface area contributed by atoms with Crippen LogP contribution in [0.4, 0.5) is 0 Å². The van der Waals surface area contributed by atoms with Gasteiger partial charge in [-0.05, 0) is 41.8 Å². The predicted octanol–water partition coefficient (Wildman–Crippen LogP) is 1.66. The van der Waals surface area contributed by atoms with Crippen molar-refractivity contribution in [2.75, 3.05) is 27.7 Å². The Balaban J connectivity index is 0.00000441. The van der Waals surface area contributed by atoms with Crippen molar-refractivity contribution < 1.29 is 0 Å². The van der Waals surface area contributed by atoms with Crippen LogP contribution in [0.25, 0.3) is 0 Å². The lowest BCUT2D eigenvalue weighted by Gasteiger charge is -2.33. The number of hydrogen-bond donors (Lipinski definition) is 2. The zero-order chi connectivity index (χ0) is 16.2. The number of hydrogen-bond acceptors (Lipinski definition) is 3. The molecule has 1 aromatic heterocycles. The lowest BCUT2D eigenvalue weighted by molar-refractivity contribution is 0.197. The minimum atomic E-state index is 0. The molecule has 0 aliphatic rings. The van der Waals surface area contributed by atoms with Gasteiger partial charge in [0.2, 0.25) is 0 Å². The maximum atomic E-state index is 4.43. The summed E-state index contributed by atoms with van der Waals surface area (Å²) < 4.78 is 1.91. The highest BCUT2D eigenvalue weighted by Crippen LogP contribution is 2.11.